The maximum Gasteiger partial charge on any atom is 0.343 e. The summed E-state index contributed by atoms with van der Waals surface area (Å²) in [6.45, 7) is 6.71. The minimum Gasteiger partial charge on any atom is -0.494 e. The third kappa shape index (κ3) is 7.26. The zero-order valence-corrected chi connectivity index (χ0v) is 25.7. The lowest BCUT2D eigenvalue weighted by atomic mass is 10.0. The zero-order chi connectivity index (χ0) is 29.6. The Hall–Kier alpha value is -2.84. The Morgan fingerprint density at radius 2 is 1.05 bits per heavy atom. The molecule has 0 aliphatic rings. The predicted octanol–water partition coefficient (Wildman–Crippen LogP) is 7.76. The minimum absolute atomic E-state index is 0.0126. The van der Waals surface area contributed by atoms with Crippen LogP contribution < -0.4 is 14.4 Å². The molecule has 214 valence electrons. The number of ether oxygens (including phenoxy) is 4. The largest absolute Gasteiger partial charge is 0.494 e. The van der Waals surface area contributed by atoms with Crippen molar-refractivity contribution in [1.82, 2.24) is 0 Å². The van der Waals surface area contributed by atoms with Crippen LogP contribution in [0.5, 0.6) is 11.5 Å². The van der Waals surface area contributed by atoms with Crippen molar-refractivity contribution in [2.24, 2.45) is 0 Å². The van der Waals surface area contributed by atoms with Crippen LogP contribution in [0.15, 0.2) is 36.4 Å². The molecule has 40 heavy (non-hydrogen) atoms. The van der Waals surface area contributed by atoms with Crippen molar-refractivity contribution in [3.05, 3.63) is 84.3 Å². The summed E-state index contributed by atoms with van der Waals surface area (Å²) in [5, 5.41) is 0.804. The van der Waals surface area contributed by atoms with Crippen molar-refractivity contribution in [3.8, 4) is 11.5 Å². The molecule has 11 heteroatoms. The Kier molecular flexibility index (Phi) is 11.2. The number of carbonyl (C=O) groups is 2. The van der Waals surface area contributed by atoms with Gasteiger partial charge < -0.3 is 23.8 Å². The summed E-state index contributed by atoms with van der Waals surface area (Å²) in [4.78, 5) is 27.7. The molecule has 0 aliphatic heterocycles. The van der Waals surface area contributed by atoms with Crippen LogP contribution in [0.1, 0.15) is 37.4 Å². The van der Waals surface area contributed by atoms with Crippen molar-refractivity contribution >= 4 is 64.0 Å². The predicted molar refractivity (Wildman–Crippen MR) is 159 cm³/mol. The zero-order valence-electron chi connectivity index (χ0n) is 22.7. The van der Waals surface area contributed by atoms with Gasteiger partial charge in [0.05, 0.1) is 47.4 Å². The highest BCUT2D eigenvalue weighted by Gasteiger charge is 2.23. The summed E-state index contributed by atoms with van der Waals surface area (Å²) in [6, 6.07) is 10.1. The van der Waals surface area contributed by atoms with Gasteiger partial charge in [-0.25, -0.2) is 9.59 Å². The van der Waals surface area contributed by atoms with Gasteiger partial charge in [0.15, 0.2) is 11.5 Å². The molecular formula is C29H29Cl4NO6. The maximum absolute atomic E-state index is 12.9. The summed E-state index contributed by atoms with van der Waals surface area (Å²) in [5.41, 5.74) is 4.34. The van der Waals surface area contributed by atoms with Gasteiger partial charge in [-0.05, 0) is 73.9 Å². The van der Waals surface area contributed by atoms with E-state index in [2.05, 4.69) is 0 Å². The highest BCUT2D eigenvalue weighted by atomic mass is 35.5. The van der Waals surface area contributed by atoms with Crippen LogP contribution in [0.2, 0.25) is 20.1 Å². The Labute approximate surface area is 253 Å². The number of nitrogens with zero attached hydrogens (tertiary/aromatic N) is 1. The molecule has 0 atom stereocenters. The van der Waals surface area contributed by atoms with E-state index in [1.54, 1.807) is 0 Å². The number of esters is 2. The second kappa shape index (κ2) is 14.2. The fourth-order valence-corrected chi connectivity index (χ4v) is 4.97. The molecule has 0 bridgehead atoms. The fraction of sp³-hybridized carbons (Fsp3) is 0.310. The molecule has 0 aromatic heterocycles. The lowest BCUT2D eigenvalue weighted by molar-refractivity contribution is 0.0501. The average Bonchev–Trinajstić information content (AvgIpc) is 2.92. The van der Waals surface area contributed by atoms with E-state index in [1.807, 2.05) is 37.8 Å². The number of hydrogen-bond donors (Lipinski definition) is 0. The lowest BCUT2D eigenvalue weighted by Crippen LogP contribution is -2.32. The van der Waals surface area contributed by atoms with Gasteiger partial charge in [0.1, 0.15) is 24.3 Å². The van der Waals surface area contributed by atoms with Crippen molar-refractivity contribution in [2.45, 2.75) is 20.8 Å². The third-order valence-corrected chi connectivity index (χ3v) is 7.62. The van der Waals surface area contributed by atoms with Crippen LogP contribution in [-0.4, -0.2) is 52.5 Å². The first-order chi connectivity index (χ1) is 19.0. The van der Waals surface area contributed by atoms with Crippen LogP contribution >= 0.6 is 46.4 Å². The Balaban J connectivity index is 1.76. The van der Waals surface area contributed by atoms with Crippen LogP contribution in [0.3, 0.4) is 0 Å². The summed E-state index contributed by atoms with van der Waals surface area (Å²) < 4.78 is 21.6. The number of carbonyl (C=O) groups excluding carboxylic acids is 2. The summed E-state index contributed by atoms with van der Waals surface area (Å²) in [7, 11) is 2.79. The molecule has 7 nitrogen and oxygen atoms in total. The monoisotopic (exact) mass is 627 g/mol. The SMILES string of the molecule is COc1c(Cl)ccc(Cl)c1C(=O)OCCN(CCOC(=O)c1c(Cl)ccc(Cl)c1OC)c1cc(C)c(C)c(C)c1. The van der Waals surface area contributed by atoms with E-state index >= 15 is 0 Å². The first kappa shape index (κ1) is 31.7. The Morgan fingerprint density at radius 1 is 0.675 bits per heavy atom. The molecule has 0 fully saturated rings. The van der Waals surface area contributed by atoms with Crippen molar-refractivity contribution in [3.63, 3.8) is 0 Å². The second-order valence-corrected chi connectivity index (χ2v) is 10.5. The summed E-state index contributed by atoms with van der Waals surface area (Å²) in [5.74, 6) is -1.06. The summed E-state index contributed by atoms with van der Waals surface area (Å²) in [6.07, 6.45) is 0. The van der Waals surface area contributed by atoms with E-state index in [4.69, 9.17) is 65.4 Å². The molecule has 3 aromatic rings. The molecule has 0 amide bonds. The van der Waals surface area contributed by atoms with Gasteiger partial charge in [-0.1, -0.05) is 46.4 Å². The number of methoxy groups -OCH3 is 2. The molecule has 0 spiro atoms. The van der Waals surface area contributed by atoms with Crippen LogP contribution in [0.25, 0.3) is 0 Å². The number of halogens is 4. The smallest absolute Gasteiger partial charge is 0.343 e. The molecule has 0 aliphatic carbocycles. The highest BCUT2D eigenvalue weighted by Crippen LogP contribution is 2.35. The lowest BCUT2D eigenvalue weighted by Gasteiger charge is -2.26. The highest BCUT2D eigenvalue weighted by molar-refractivity contribution is 6.37. The van der Waals surface area contributed by atoms with Crippen LogP contribution in [0.4, 0.5) is 5.69 Å². The van der Waals surface area contributed by atoms with Gasteiger partial charge >= 0.3 is 11.9 Å². The van der Waals surface area contributed by atoms with E-state index in [0.29, 0.717) is 13.1 Å². The second-order valence-electron chi connectivity index (χ2n) is 8.84. The number of rotatable bonds is 11. The first-order valence-corrected chi connectivity index (χ1v) is 13.7. The molecular weight excluding hydrogens is 600 g/mol. The van der Waals surface area contributed by atoms with Gasteiger partial charge in [-0.3, -0.25) is 0 Å². The number of anilines is 1. The minimum atomic E-state index is -0.672. The van der Waals surface area contributed by atoms with Gasteiger partial charge in [0.2, 0.25) is 0 Å². The van der Waals surface area contributed by atoms with Crippen molar-refractivity contribution in [2.75, 3.05) is 45.4 Å². The van der Waals surface area contributed by atoms with Crippen molar-refractivity contribution < 1.29 is 28.5 Å². The first-order valence-electron chi connectivity index (χ1n) is 12.2. The van der Waals surface area contributed by atoms with Gasteiger partial charge in [-0.2, -0.15) is 0 Å². The molecule has 0 unspecified atom stereocenters. The normalized spacial score (nSPS) is 10.7. The fourth-order valence-electron chi connectivity index (χ4n) is 4.05. The topological polar surface area (TPSA) is 74.3 Å². The van der Waals surface area contributed by atoms with Gasteiger partial charge in [0.25, 0.3) is 0 Å². The van der Waals surface area contributed by atoms with Crippen LogP contribution in [-0.2, 0) is 9.47 Å². The number of aryl methyl sites for hydroxylation is 2. The standard InChI is InChI=1S/C29H29Cl4NO6/c1-16-14-19(15-17(2)18(16)3)34(10-12-39-28(35)24-20(30)6-8-22(32)26(24)37-4)11-13-40-29(36)25-21(31)7-9-23(33)27(25)38-5/h6-9,14-15H,10-13H2,1-5H3. The van der Waals surface area contributed by atoms with E-state index in [-0.39, 0.29) is 55.9 Å². The molecule has 0 heterocycles. The van der Waals surface area contributed by atoms with E-state index in [1.165, 1.54) is 44.0 Å². The average molecular weight is 629 g/mol. The van der Waals surface area contributed by atoms with Crippen molar-refractivity contribution in [1.29, 1.82) is 0 Å². The number of hydrogen-bond acceptors (Lipinski definition) is 7. The van der Waals surface area contributed by atoms with Crippen LogP contribution in [0, 0.1) is 20.8 Å². The van der Waals surface area contributed by atoms with E-state index < -0.39 is 11.9 Å². The third-order valence-electron chi connectivity index (χ3n) is 6.40. The summed E-state index contributed by atoms with van der Waals surface area (Å²) >= 11 is 24.8. The Morgan fingerprint density at radius 3 is 1.43 bits per heavy atom. The van der Waals surface area contributed by atoms with E-state index in [9.17, 15) is 9.59 Å². The molecule has 0 saturated carbocycles. The quantitative estimate of drug-likeness (QED) is 0.201. The van der Waals surface area contributed by atoms with Gasteiger partial charge in [0, 0.05) is 5.69 Å². The van der Waals surface area contributed by atoms with E-state index in [0.717, 1.165) is 16.8 Å². The molecule has 0 saturated heterocycles. The maximum atomic E-state index is 12.9. The number of benzene rings is 3. The molecule has 3 rings (SSSR count). The molecule has 0 N–H and O–H groups in total. The molecule has 3 aromatic carbocycles. The molecule has 0 radical (unpaired) electrons. The van der Waals surface area contributed by atoms with Gasteiger partial charge in [-0.15, -0.1) is 0 Å². The Bertz CT molecular complexity index is 1310.